The second-order valence-corrected chi connectivity index (χ2v) is 6.86. The third-order valence-corrected chi connectivity index (χ3v) is 4.52. The molecule has 1 saturated heterocycles. The number of hydrogen-bond acceptors (Lipinski definition) is 5. The van der Waals surface area contributed by atoms with Gasteiger partial charge in [0, 0.05) is 5.56 Å². The van der Waals surface area contributed by atoms with E-state index in [-0.39, 0.29) is 18.3 Å². The van der Waals surface area contributed by atoms with Crippen LogP contribution in [-0.4, -0.2) is 22.6 Å². The maximum Gasteiger partial charge on any atom is 0.263 e. The molecule has 1 fully saturated rings. The molecular formula is C18H12FNO3S2. The summed E-state index contributed by atoms with van der Waals surface area (Å²) in [5.41, 5.74) is 1.21. The van der Waals surface area contributed by atoms with Gasteiger partial charge in [-0.1, -0.05) is 36.1 Å². The number of halogens is 1. The first-order chi connectivity index (χ1) is 12.0. The van der Waals surface area contributed by atoms with Crippen LogP contribution >= 0.6 is 24.0 Å². The molecule has 1 aliphatic rings. The van der Waals surface area contributed by atoms with E-state index in [4.69, 9.17) is 17.0 Å². The van der Waals surface area contributed by atoms with Crippen molar-refractivity contribution in [2.24, 2.45) is 0 Å². The molecule has 0 saturated carbocycles. The van der Waals surface area contributed by atoms with Crippen molar-refractivity contribution in [1.29, 1.82) is 0 Å². The molecule has 0 spiro atoms. The molecule has 0 atom stereocenters. The van der Waals surface area contributed by atoms with Crippen LogP contribution in [0.3, 0.4) is 0 Å². The molecule has 1 amide bonds. The first kappa shape index (κ1) is 17.3. The Bertz CT molecular complexity index is 861. The topological polar surface area (TPSA) is 55.4 Å². The minimum absolute atomic E-state index is 0.140. The molecule has 126 valence electrons. The maximum absolute atomic E-state index is 12.8. The highest BCUT2D eigenvalue weighted by atomic mass is 32.2. The average molecular weight is 373 g/mol. The van der Waals surface area contributed by atoms with Crippen molar-refractivity contribution in [1.82, 2.24) is 5.32 Å². The van der Waals surface area contributed by atoms with E-state index in [0.29, 0.717) is 20.5 Å². The first-order valence-corrected chi connectivity index (χ1v) is 8.50. The van der Waals surface area contributed by atoms with Crippen molar-refractivity contribution >= 4 is 46.1 Å². The molecule has 1 heterocycles. The lowest BCUT2D eigenvalue weighted by Gasteiger charge is -2.06. The fourth-order valence-electron chi connectivity index (χ4n) is 2.10. The number of amides is 1. The number of benzene rings is 2. The SMILES string of the molecule is O=C1NC(=S)S/C1=C\c1ccc(OCC(=O)c2ccc(F)cc2)cc1. The van der Waals surface area contributed by atoms with Crippen LogP contribution in [0.25, 0.3) is 6.08 Å². The summed E-state index contributed by atoms with van der Waals surface area (Å²) in [6, 6.07) is 12.3. The fourth-order valence-corrected chi connectivity index (χ4v) is 3.14. The second kappa shape index (κ2) is 7.58. The van der Waals surface area contributed by atoms with Gasteiger partial charge in [0.15, 0.2) is 12.4 Å². The Morgan fingerprint density at radius 2 is 1.84 bits per heavy atom. The number of thiocarbonyl (C=S) groups is 1. The Hall–Kier alpha value is -2.51. The molecule has 25 heavy (non-hydrogen) atoms. The van der Waals surface area contributed by atoms with Crippen molar-refractivity contribution in [3.8, 4) is 5.75 Å². The van der Waals surface area contributed by atoms with E-state index in [1.54, 1.807) is 30.3 Å². The van der Waals surface area contributed by atoms with E-state index < -0.39 is 5.82 Å². The van der Waals surface area contributed by atoms with Crippen LogP contribution in [0.1, 0.15) is 15.9 Å². The van der Waals surface area contributed by atoms with Crippen LogP contribution in [0, 0.1) is 5.82 Å². The van der Waals surface area contributed by atoms with Crippen molar-refractivity contribution in [2.75, 3.05) is 6.61 Å². The number of carbonyl (C=O) groups is 2. The van der Waals surface area contributed by atoms with Gasteiger partial charge in [-0.15, -0.1) is 0 Å². The number of Topliss-reactive ketones (excluding diaryl/α,β-unsaturated/α-hetero) is 1. The van der Waals surface area contributed by atoms with Crippen LogP contribution in [-0.2, 0) is 4.79 Å². The van der Waals surface area contributed by atoms with Gasteiger partial charge in [0.1, 0.15) is 15.9 Å². The first-order valence-electron chi connectivity index (χ1n) is 7.28. The number of nitrogens with one attached hydrogen (secondary N) is 1. The Labute approximate surface area is 153 Å². The van der Waals surface area contributed by atoms with Crippen LogP contribution in [0.5, 0.6) is 5.75 Å². The standard InChI is InChI=1S/C18H12FNO3S2/c19-13-5-3-12(4-6-13)15(21)10-23-14-7-1-11(2-8-14)9-16-17(22)20-18(24)25-16/h1-9H,10H2,(H,20,22,24)/b16-9-. The highest BCUT2D eigenvalue weighted by Crippen LogP contribution is 2.26. The zero-order chi connectivity index (χ0) is 17.8. The third-order valence-electron chi connectivity index (χ3n) is 3.36. The lowest BCUT2D eigenvalue weighted by molar-refractivity contribution is -0.115. The highest BCUT2D eigenvalue weighted by molar-refractivity contribution is 8.26. The smallest absolute Gasteiger partial charge is 0.263 e. The summed E-state index contributed by atoms with van der Waals surface area (Å²) in [7, 11) is 0. The van der Waals surface area contributed by atoms with Gasteiger partial charge >= 0.3 is 0 Å². The predicted molar refractivity (Wildman–Crippen MR) is 99.0 cm³/mol. The Morgan fingerprint density at radius 3 is 2.44 bits per heavy atom. The summed E-state index contributed by atoms with van der Waals surface area (Å²) in [5.74, 6) is -0.312. The zero-order valence-electron chi connectivity index (χ0n) is 12.8. The number of carbonyl (C=O) groups excluding carboxylic acids is 2. The molecule has 1 aliphatic heterocycles. The summed E-state index contributed by atoms with van der Waals surface area (Å²) >= 11 is 6.15. The Balaban J connectivity index is 1.60. The molecule has 7 heteroatoms. The van der Waals surface area contributed by atoms with Crippen LogP contribution in [0.15, 0.2) is 53.4 Å². The molecule has 2 aromatic carbocycles. The number of hydrogen-bond donors (Lipinski definition) is 1. The van der Waals surface area contributed by atoms with Crippen LogP contribution in [0.4, 0.5) is 4.39 Å². The number of ether oxygens (including phenoxy) is 1. The van der Waals surface area contributed by atoms with Crippen LogP contribution in [0.2, 0.25) is 0 Å². The highest BCUT2D eigenvalue weighted by Gasteiger charge is 2.21. The minimum Gasteiger partial charge on any atom is -0.485 e. The largest absolute Gasteiger partial charge is 0.485 e. The summed E-state index contributed by atoms with van der Waals surface area (Å²) < 4.78 is 18.7. The van der Waals surface area contributed by atoms with Gasteiger partial charge in [0.05, 0.1) is 4.91 Å². The average Bonchev–Trinajstić information content (AvgIpc) is 2.92. The van der Waals surface area contributed by atoms with E-state index in [9.17, 15) is 14.0 Å². The molecule has 3 rings (SSSR count). The molecule has 0 aliphatic carbocycles. The molecular weight excluding hydrogens is 361 g/mol. The van der Waals surface area contributed by atoms with Gasteiger partial charge < -0.3 is 10.1 Å². The lowest BCUT2D eigenvalue weighted by atomic mass is 10.1. The minimum atomic E-state index is -0.392. The van der Waals surface area contributed by atoms with Gasteiger partial charge in [-0.2, -0.15) is 0 Å². The number of rotatable bonds is 5. The number of thioether (sulfide) groups is 1. The van der Waals surface area contributed by atoms with Gasteiger partial charge in [0.25, 0.3) is 5.91 Å². The monoisotopic (exact) mass is 373 g/mol. The summed E-state index contributed by atoms with van der Waals surface area (Å²) in [4.78, 5) is 24.1. The molecule has 0 radical (unpaired) electrons. The lowest BCUT2D eigenvalue weighted by Crippen LogP contribution is -2.17. The molecule has 0 unspecified atom stereocenters. The normalized spacial score (nSPS) is 15.3. The second-order valence-electron chi connectivity index (χ2n) is 5.14. The molecule has 1 N–H and O–H groups in total. The molecule has 0 bridgehead atoms. The molecule has 4 nitrogen and oxygen atoms in total. The summed E-state index contributed by atoms with van der Waals surface area (Å²) in [5, 5.41) is 2.55. The van der Waals surface area contributed by atoms with Gasteiger partial charge in [-0.25, -0.2) is 4.39 Å². The van der Waals surface area contributed by atoms with Gasteiger partial charge in [0.2, 0.25) is 0 Å². The molecule has 2 aromatic rings. The van der Waals surface area contributed by atoms with Crippen molar-refractivity contribution in [3.05, 3.63) is 70.4 Å². The fraction of sp³-hybridized carbons (Fsp3) is 0.0556. The van der Waals surface area contributed by atoms with E-state index in [2.05, 4.69) is 5.32 Å². The Morgan fingerprint density at radius 1 is 1.16 bits per heavy atom. The predicted octanol–water partition coefficient (Wildman–Crippen LogP) is 3.58. The van der Waals surface area contributed by atoms with Crippen molar-refractivity contribution in [3.63, 3.8) is 0 Å². The van der Waals surface area contributed by atoms with Crippen LogP contribution < -0.4 is 10.1 Å². The number of ketones is 1. The van der Waals surface area contributed by atoms with E-state index in [1.807, 2.05) is 0 Å². The van der Waals surface area contributed by atoms with Gasteiger partial charge in [-0.05, 0) is 48.0 Å². The zero-order valence-corrected chi connectivity index (χ0v) is 14.5. The quantitative estimate of drug-likeness (QED) is 0.493. The Kier molecular flexibility index (Phi) is 5.25. The van der Waals surface area contributed by atoms with Gasteiger partial charge in [-0.3, -0.25) is 9.59 Å². The third kappa shape index (κ3) is 4.52. The van der Waals surface area contributed by atoms with E-state index >= 15 is 0 Å². The van der Waals surface area contributed by atoms with Crippen molar-refractivity contribution < 1.29 is 18.7 Å². The maximum atomic E-state index is 12.8. The van der Waals surface area contributed by atoms with E-state index in [0.717, 1.165) is 5.56 Å². The van der Waals surface area contributed by atoms with E-state index in [1.165, 1.54) is 36.0 Å². The molecule has 0 aromatic heterocycles. The van der Waals surface area contributed by atoms with Crippen molar-refractivity contribution in [2.45, 2.75) is 0 Å². The summed E-state index contributed by atoms with van der Waals surface area (Å²) in [6.45, 7) is -0.140. The summed E-state index contributed by atoms with van der Waals surface area (Å²) in [6.07, 6.45) is 1.73.